The minimum Gasteiger partial charge on any atom is -0.360 e. The number of rotatable bonds is 6. The van der Waals surface area contributed by atoms with Crippen LogP contribution < -0.4 is 0 Å². The molecular weight excluding hydrogens is 486 g/mol. The van der Waals surface area contributed by atoms with Crippen LogP contribution in [0.1, 0.15) is 0 Å². The first kappa shape index (κ1) is 23.7. The van der Waals surface area contributed by atoms with Gasteiger partial charge in [0.25, 0.3) is 0 Å². The van der Waals surface area contributed by atoms with Crippen molar-refractivity contribution >= 4 is 0 Å². The highest BCUT2D eigenvalue weighted by molar-refractivity contribution is 5.95. The molecule has 0 aliphatic carbocycles. The first-order valence-corrected chi connectivity index (χ1v) is 13.5. The number of benzene rings is 4. The molecule has 0 saturated heterocycles. The number of nitrogens with one attached hydrogen (secondary N) is 2. The van der Waals surface area contributed by atoms with Gasteiger partial charge in [0.2, 0.25) is 0 Å². The van der Waals surface area contributed by atoms with Gasteiger partial charge in [0.15, 0.2) is 0 Å². The van der Waals surface area contributed by atoms with Crippen molar-refractivity contribution in [2.24, 2.45) is 0 Å². The lowest BCUT2D eigenvalue weighted by Crippen LogP contribution is -1.90. The summed E-state index contributed by atoms with van der Waals surface area (Å²) in [6.45, 7) is 0. The molecule has 7 rings (SSSR count). The molecule has 4 aromatic carbocycles. The van der Waals surface area contributed by atoms with Crippen molar-refractivity contribution < 1.29 is 0 Å². The predicted octanol–water partition coefficient (Wildman–Crippen LogP) is 9.74. The van der Waals surface area contributed by atoms with Gasteiger partial charge in [0.1, 0.15) is 0 Å². The molecule has 0 spiro atoms. The van der Waals surface area contributed by atoms with E-state index in [0.717, 1.165) is 39.3 Å². The van der Waals surface area contributed by atoms with Crippen LogP contribution in [0.4, 0.5) is 0 Å². The van der Waals surface area contributed by atoms with Gasteiger partial charge in [-0.1, -0.05) is 121 Å². The highest BCUT2D eigenvalue weighted by Crippen LogP contribution is 2.42. The molecule has 3 aromatic heterocycles. The Morgan fingerprint density at radius 2 is 0.800 bits per heavy atom. The van der Waals surface area contributed by atoms with E-state index in [1.54, 1.807) is 0 Å². The summed E-state index contributed by atoms with van der Waals surface area (Å²) in [4.78, 5) is 12.1. The second-order valence-electron chi connectivity index (χ2n) is 9.80. The van der Waals surface area contributed by atoms with Gasteiger partial charge in [-0.3, -0.25) is 4.98 Å². The average Bonchev–Trinajstić information content (AvgIpc) is 3.69. The molecule has 3 heteroatoms. The van der Waals surface area contributed by atoms with Gasteiger partial charge in [-0.15, -0.1) is 0 Å². The molecule has 0 aliphatic rings. The Kier molecular flexibility index (Phi) is 6.15. The highest BCUT2D eigenvalue weighted by atomic mass is 14.8. The number of nitrogens with zero attached hydrogens (tertiary/aromatic N) is 1. The first-order valence-electron chi connectivity index (χ1n) is 13.5. The predicted molar refractivity (Wildman–Crippen MR) is 166 cm³/mol. The third-order valence-electron chi connectivity index (χ3n) is 7.36. The largest absolute Gasteiger partial charge is 0.360 e. The van der Waals surface area contributed by atoms with E-state index in [1.165, 1.54) is 27.8 Å². The van der Waals surface area contributed by atoms with Crippen LogP contribution in [0.3, 0.4) is 0 Å². The molecular formula is C37H27N3. The van der Waals surface area contributed by atoms with Crippen LogP contribution in [0.25, 0.3) is 67.2 Å². The van der Waals surface area contributed by atoms with Crippen LogP contribution in [0.2, 0.25) is 0 Å². The Morgan fingerprint density at radius 3 is 1.25 bits per heavy atom. The van der Waals surface area contributed by atoms with Crippen molar-refractivity contribution in [3.8, 4) is 67.2 Å². The summed E-state index contributed by atoms with van der Waals surface area (Å²) in [6.07, 6.45) is 6.17. The molecule has 7 aromatic rings. The normalized spacial score (nSPS) is 11.0. The van der Waals surface area contributed by atoms with Gasteiger partial charge in [-0.05, 0) is 34.4 Å². The average molecular weight is 514 g/mol. The van der Waals surface area contributed by atoms with Gasteiger partial charge in [0.05, 0.1) is 17.1 Å². The molecule has 0 radical (unpaired) electrons. The van der Waals surface area contributed by atoms with E-state index >= 15 is 0 Å². The molecule has 40 heavy (non-hydrogen) atoms. The smallest absolute Gasteiger partial charge is 0.0871 e. The summed E-state index contributed by atoms with van der Waals surface area (Å²) in [7, 11) is 0. The van der Waals surface area contributed by atoms with E-state index in [2.05, 4.69) is 150 Å². The van der Waals surface area contributed by atoms with Crippen molar-refractivity contribution in [2.45, 2.75) is 0 Å². The summed E-state index contributed by atoms with van der Waals surface area (Å²) in [5.41, 5.74) is 13.4. The summed E-state index contributed by atoms with van der Waals surface area (Å²) in [5.74, 6) is 0. The number of hydrogen-bond donors (Lipinski definition) is 2. The van der Waals surface area contributed by atoms with Crippen molar-refractivity contribution in [3.63, 3.8) is 0 Å². The molecule has 3 nitrogen and oxygen atoms in total. The summed E-state index contributed by atoms with van der Waals surface area (Å²) < 4.78 is 0. The van der Waals surface area contributed by atoms with Gasteiger partial charge >= 0.3 is 0 Å². The number of aromatic nitrogens is 3. The Morgan fingerprint density at radius 1 is 0.375 bits per heavy atom. The van der Waals surface area contributed by atoms with Crippen molar-refractivity contribution in [3.05, 3.63) is 152 Å². The van der Waals surface area contributed by atoms with E-state index in [-0.39, 0.29) is 0 Å². The fraction of sp³-hybridized carbons (Fsp3) is 0. The molecule has 0 amide bonds. The number of H-pyrrole nitrogens is 2. The highest BCUT2D eigenvalue weighted by Gasteiger charge is 2.19. The fourth-order valence-corrected chi connectivity index (χ4v) is 5.47. The minimum atomic E-state index is 0.904. The maximum Gasteiger partial charge on any atom is 0.0871 e. The minimum absolute atomic E-state index is 0.904. The Labute approximate surface area is 233 Å². The quantitative estimate of drug-likeness (QED) is 0.228. The molecule has 0 atom stereocenters. The molecule has 0 aliphatic heterocycles. The SMILES string of the molecule is c1ccc(-c2c[nH]c(-c3ccc(-c4[nH]cc(-c5ccccc5)c4-c4ccccc4)nc3)c2-c2ccccc2)cc1. The van der Waals surface area contributed by atoms with Crippen LogP contribution in [-0.2, 0) is 0 Å². The Balaban J connectivity index is 1.33. The maximum atomic E-state index is 4.98. The van der Waals surface area contributed by atoms with Crippen LogP contribution >= 0.6 is 0 Å². The number of aromatic amines is 2. The number of hydrogen-bond acceptors (Lipinski definition) is 1. The topological polar surface area (TPSA) is 44.5 Å². The lowest BCUT2D eigenvalue weighted by atomic mass is 9.94. The van der Waals surface area contributed by atoms with Gasteiger partial charge in [-0.2, -0.15) is 0 Å². The van der Waals surface area contributed by atoms with Crippen LogP contribution in [0, 0.1) is 0 Å². The molecule has 0 unspecified atom stereocenters. The van der Waals surface area contributed by atoms with E-state index in [1.807, 2.05) is 12.3 Å². The zero-order chi connectivity index (χ0) is 26.7. The van der Waals surface area contributed by atoms with E-state index in [9.17, 15) is 0 Å². The monoisotopic (exact) mass is 513 g/mol. The third-order valence-corrected chi connectivity index (χ3v) is 7.36. The molecule has 0 bridgehead atoms. The Bertz CT molecular complexity index is 1710. The van der Waals surface area contributed by atoms with Crippen LogP contribution in [-0.4, -0.2) is 15.0 Å². The van der Waals surface area contributed by atoms with Gasteiger partial charge in [-0.25, -0.2) is 0 Å². The lowest BCUT2D eigenvalue weighted by Gasteiger charge is -2.11. The summed E-state index contributed by atoms with van der Waals surface area (Å²) in [6, 6.07) is 46.4. The van der Waals surface area contributed by atoms with Crippen molar-refractivity contribution in [1.29, 1.82) is 0 Å². The van der Waals surface area contributed by atoms with Gasteiger partial charge < -0.3 is 9.97 Å². The Hall–Kier alpha value is -5.41. The zero-order valence-corrected chi connectivity index (χ0v) is 21.9. The molecule has 3 heterocycles. The molecule has 0 fully saturated rings. The standard InChI is InChI=1S/C37H27N3/c1-5-13-26(14-6-1)31-24-39-36(34(31)28-17-9-3-10-18-28)30-21-22-33(38-23-30)37-35(29-19-11-4-12-20-29)32(25-40-37)27-15-7-2-8-16-27/h1-25,39-40H. The first-order chi connectivity index (χ1) is 19.9. The van der Waals surface area contributed by atoms with Crippen molar-refractivity contribution in [1.82, 2.24) is 15.0 Å². The van der Waals surface area contributed by atoms with Crippen LogP contribution in [0.5, 0.6) is 0 Å². The second-order valence-corrected chi connectivity index (χ2v) is 9.80. The van der Waals surface area contributed by atoms with Gasteiger partial charge in [0, 0.05) is 46.4 Å². The second kappa shape index (κ2) is 10.4. The van der Waals surface area contributed by atoms with Crippen molar-refractivity contribution in [2.75, 3.05) is 0 Å². The molecule has 2 N–H and O–H groups in total. The molecule has 0 saturated carbocycles. The van der Waals surface area contributed by atoms with E-state index in [0.29, 0.717) is 0 Å². The lowest BCUT2D eigenvalue weighted by molar-refractivity contribution is 1.27. The maximum absolute atomic E-state index is 4.98. The summed E-state index contributed by atoms with van der Waals surface area (Å²) in [5, 5.41) is 0. The van der Waals surface area contributed by atoms with E-state index < -0.39 is 0 Å². The van der Waals surface area contributed by atoms with Crippen LogP contribution in [0.15, 0.2) is 152 Å². The third kappa shape index (κ3) is 4.34. The fourth-order valence-electron chi connectivity index (χ4n) is 5.47. The zero-order valence-electron chi connectivity index (χ0n) is 21.9. The number of pyridine rings is 1. The molecule has 190 valence electrons. The van der Waals surface area contributed by atoms with E-state index in [4.69, 9.17) is 4.98 Å². The summed E-state index contributed by atoms with van der Waals surface area (Å²) >= 11 is 0.